The average molecular weight is 218 g/mol. The van der Waals surface area contributed by atoms with E-state index in [9.17, 15) is 5.11 Å². The lowest BCUT2D eigenvalue weighted by Crippen LogP contribution is -1.90. The summed E-state index contributed by atoms with van der Waals surface area (Å²) < 4.78 is 5.38. The third kappa shape index (κ3) is 1.63. The molecule has 1 heterocycles. The van der Waals surface area contributed by atoms with E-state index in [-0.39, 0.29) is 5.75 Å². The third-order valence-corrected chi connectivity index (χ3v) is 1.97. The van der Waals surface area contributed by atoms with Gasteiger partial charge in [0.05, 0.1) is 7.11 Å². The van der Waals surface area contributed by atoms with Crippen LogP contribution in [0.1, 0.15) is 5.69 Å². The molecule has 0 saturated carbocycles. The Hall–Kier alpha value is -0.770. The summed E-state index contributed by atoms with van der Waals surface area (Å²) in [5, 5.41) is 9.25. The summed E-state index contributed by atoms with van der Waals surface area (Å²) in [6.45, 7) is 1.79. The Morgan fingerprint density at radius 2 is 2.27 bits per heavy atom. The smallest absolute Gasteiger partial charge is 0.231 e. The van der Waals surface area contributed by atoms with Gasteiger partial charge in [-0.25, -0.2) is 4.98 Å². The molecule has 0 aromatic carbocycles. The van der Waals surface area contributed by atoms with E-state index in [0.29, 0.717) is 10.4 Å². The number of pyridine rings is 1. The van der Waals surface area contributed by atoms with Gasteiger partial charge in [0.1, 0.15) is 10.2 Å². The van der Waals surface area contributed by atoms with Gasteiger partial charge in [0.2, 0.25) is 5.88 Å². The van der Waals surface area contributed by atoms with E-state index in [1.54, 1.807) is 13.0 Å². The van der Waals surface area contributed by atoms with Crippen LogP contribution in [0.2, 0.25) is 0 Å². The second-order valence-electron chi connectivity index (χ2n) is 2.11. The Balaban J connectivity index is 3.24. The largest absolute Gasteiger partial charge is 0.506 e. The zero-order chi connectivity index (χ0) is 8.43. The molecule has 0 aliphatic heterocycles. The lowest BCUT2D eigenvalue weighted by molar-refractivity contribution is 0.385. The maximum atomic E-state index is 9.25. The summed E-state index contributed by atoms with van der Waals surface area (Å²) >= 11 is 3.14. The molecule has 0 spiro atoms. The van der Waals surface area contributed by atoms with Crippen LogP contribution in [0, 0.1) is 6.92 Å². The number of aromatic nitrogens is 1. The summed E-state index contributed by atoms with van der Waals surface area (Å²) in [6.07, 6.45) is 0. The van der Waals surface area contributed by atoms with Gasteiger partial charge in [-0.05, 0) is 22.9 Å². The number of hydrogen-bond donors (Lipinski definition) is 1. The molecule has 11 heavy (non-hydrogen) atoms. The fourth-order valence-corrected chi connectivity index (χ4v) is 1.11. The van der Waals surface area contributed by atoms with Crippen molar-refractivity contribution in [2.24, 2.45) is 0 Å². The number of hydrogen-bond acceptors (Lipinski definition) is 3. The Labute approximate surface area is 73.2 Å². The van der Waals surface area contributed by atoms with Crippen LogP contribution in [-0.2, 0) is 0 Å². The second-order valence-corrected chi connectivity index (χ2v) is 2.90. The van der Waals surface area contributed by atoms with Crippen molar-refractivity contribution in [3.05, 3.63) is 16.2 Å². The molecule has 0 aliphatic carbocycles. The van der Waals surface area contributed by atoms with Crippen LogP contribution < -0.4 is 4.74 Å². The first-order valence-corrected chi connectivity index (χ1v) is 3.84. The third-order valence-electron chi connectivity index (χ3n) is 1.23. The van der Waals surface area contributed by atoms with E-state index in [4.69, 9.17) is 4.74 Å². The molecule has 0 aliphatic rings. The quantitative estimate of drug-likeness (QED) is 0.782. The standard InChI is InChI=1S/C7H8BrNO2/c1-4-3-5(10)6(8)7(9-4)11-2/h3H,1-2H3,(H,9,10). The number of rotatable bonds is 1. The van der Waals surface area contributed by atoms with Crippen LogP contribution in [0.4, 0.5) is 0 Å². The van der Waals surface area contributed by atoms with Crippen molar-refractivity contribution >= 4 is 15.9 Å². The second kappa shape index (κ2) is 3.09. The molecule has 0 saturated heterocycles. The molecule has 0 fully saturated rings. The fraction of sp³-hybridized carbons (Fsp3) is 0.286. The van der Waals surface area contributed by atoms with E-state index in [2.05, 4.69) is 20.9 Å². The Morgan fingerprint density at radius 3 is 2.82 bits per heavy atom. The highest BCUT2D eigenvalue weighted by molar-refractivity contribution is 9.10. The highest BCUT2D eigenvalue weighted by atomic mass is 79.9. The van der Waals surface area contributed by atoms with Gasteiger partial charge in [0.15, 0.2) is 0 Å². The molecule has 0 amide bonds. The van der Waals surface area contributed by atoms with Gasteiger partial charge in [-0.3, -0.25) is 0 Å². The van der Waals surface area contributed by atoms with Crippen LogP contribution in [0.3, 0.4) is 0 Å². The number of halogens is 1. The van der Waals surface area contributed by atoms with Crippen LogP contribution in [0.5, 0.6) is 11.6 Å². The SMILES string of the molecule is COc1nc(C)cc(O)c1Br. The van der Waals surface area contributed by atoms with Crippen molar-refractivity contribution in [2.75, 3.05) is 7.11 Å². The molecule has 0 radical (unpaired) electrons. The van der Waals surface area contributed by atoms with Gasteiger partial charge in [0.25, 0.3) is 0 Å². The molecule has 0 bridgehead atoms. The van der Waals surface area contributed by atoms with Crippen molar-refractivity contribution < 1.29 is 9.84 Å². The minimum absolute atomic E-state index is 0.148. The summed E-state index contributed by atoms with van der Waals surface area (Å²) in [5.41, 5.74) is 0.725. The number of ether oxygens (including phenoxy) is 1. The monoisotopic (exact) mass is 217 g/mol. The topological polar surface area (TPSA) is 42.4 Å². The van der Waals surface area contributed by atoms with Crippen molar-refractivity contribution in [1.29, 1.82) is 0 Å². The van der Waals surface area contributed by atoms with E-state index in [0.717, 1.165) is 5.69 Å². The van der Waals surface area contributed by atoms with Crippen molar-refractivity contribution in [3.8, 4) is 11.6 Å². The molecular formula is C7H8BrNO2. The maximum absolute atomic E-state index is 9.25. The van der Waals surface area contributed by atoms with Crippen molar-refractivity contribution in [2.45, 2.75) is 6.92 Å². The van der Waals surface area contributed by atoms with Crippen LogP contribution in [0.15, 0.2) is 10.5 Å². The van der Waals surface area contributed by atoms with Crippen LogP contribution in [0.25, 0.3) is 0 Å². The maximum Gasteiger partial charge on any atom is 0.231 e. The van der Waals surface area contributed by atoms with E-state index in [1.165, 1.54) is 7.11 Å². The van der Waals surface area contributed by atoms with E-state index in [1.807, 2.05) is 0 Å². The molecule has 60 valence electrons. The lowest BCUT2D eigenvalue weighted by atomic mass is 10.3. The van der Waals surface area contributed by atoms with Crippen LogP contribution >= 0.6 is 15.9 Å². The van der Waals surface area contributed by atoms with E-state index >= 15 is 0 Å². The predicted molar refractivity (Wildman–Crippen MR) is 44.9 cm³/mol. The molecule has 1 rings (SSSR count). The van der Waals surface area contributed by atoms with Crippen molar-refractivity contribution in [3.63, 3.8) is 0 Å². The number of methoxy groups -OCH3 is 1. The summed E-state index contributed by atoms with van der Waals surface area (Å²) in [7, 11) is 1.51. The lowest BCUT2D eigenvalue weighted by Gasteiger charge is -2.04. The molecule has 0 unspecified atom stereocenters. The van der Waals surface area contributed by atoms with Gasteiger partial charge in [0, 0.05) is 11.8 Å². The molecule has 4 heteroatoms. The molecular weight excluding hydrogens is 210 g/mol. The average Bonchev–Trinajstić information content (AvgIpc) is 1.96. The highest BCUT2D eigenvalue weighted by Crippen LogP contribution is 2.31. The first kappa shape index (κ1) is 8.33. The van der Waals surface area contributed by atoms with Gasteiger partial charge >= 0.3 is 0 Å². The molecule has 0 atom stereocenters. The summed E-state index contributed by atoms with van der Waals surface area (Å²) in [4.78, 5) is 4.02. The van der Waals surface area contributed by atoms with Gasteiger partial charge in [-0.2, -0.15) is 0 Å². The van der Waals surface area contributed by atoms with Gasteiger partial charge in [-0.1, -0.05) is 0 Å². The minimum atomic E-state index is 0.148. The van der Waals surface area contributed by atoms with Crippen molar-refractivity contribution in [1.82, 2.24) is 4.98 Å². The van der Waals surface area contributed by atoms with E-state index < -0.39 is 0 Å². The zero-order valence-corrected chi connectivity index (χ0v) is 7.84. The normalized spacial score (nSPS) is 9.73. The fourth-order valence-electron chi connectivity index (χ4n) is 0.748. The van der Waals surface area contributed by atoms with Gasteiger partial charge in [-0.15, -0.1) is 0 Å². The summed E-state index contributed by atoms with van der Waals surface area (Å²) in [6, 6.07) is 1.56. The number of aryl methyl sites for hydroxylation is 1. The first-order chi connectivity index (χ1) is 5.15. The predicted octanol–water partition coefficient (Wildman–Crippen LogP) is 1.87. The highest BCUT2D eigenvalue weighted by Gasteiger charge is 2.06. The minimum Gasteiger partial charge on any atom is -0.506 e. The summed E-state index contributed by atoms with van der Waals surface area (Å²) in [5.74, 6) is 0.553. The molecule has 1 N–H and O–H groups in total. The molecule has 3 nitrogen and oxygen atoms in total. The molecule has 1 aromatic heterocycles. The Bertz CT molecular complexity index is 275. The number of aromatic hydroxyl groups is 1. The molecule has 1 aromatic rings. The zero-order valence-electron chi connectivity index (χ0n) is 6.26. The number of nitrogens with zero attached hydrogens (tertiary/aromatic N) is 1. The van der Waals surface area contributed by atoms with Crippen LogP contribution in [-0.4, -0.2) is 17.2 Å². The first-order valence-electron chi connectivity index (χ1n) is 3.05. The Kier molecular flexibility index (Phi) is 2.34. The van der Waals surface area contributed by atoms with Gasteiger partial charge < -0.3 is 9.84 Å². The Morgan fingerprint density at radius 1 is 1.64 bits per heavy atom.